The first kappa shape index (κ1) is 21.1. The Bertz CT molecular complexity index is 888. The molecule has 1 aliphatic rings. The molecular formula is C23H32O4S. The zero-order valence-corrected chi connectivity index (χ0v) is 17.8. The highest BCUT2D eigenvalue weighted by Gasteiger charge is 2.30. The molecule has 1 aromatic heterocycles. The van der Waals surface area contributed by atoms with E-state index in [1.54, 1.807) is 13.2 Å². The monoisotopic (exact) mass is 404 g/mol. The van der Waals surface area contributed by atoms with Gasteiger partial charge >= 0.3 is 0 Å². The van der Waals surface area contributed by atoms with E-state index >= 15 is 0 Å². The standard InChI is InChI=1S/C23H32O4S/c1-3-17(2)28(25,26)16-18-11-13-19(14-12-18)22(24)9-6-7-20-15-27-23-10-5-4-8-21(20)23/h4-5,8,10,15,17-19H,3,6-7,9,11-14,16H2,1-2H3. The van der Waals surface area contributed by atoms with Crippen LogP contribution in [-0.2, 0) is 21.1 Å². The molecule has 1 atom stereocenters. The fourth-order valence-corrected chi connectivity index (χ4v) is 6.11. The van der Waals surface area contributed by atoms with E-state index in [1.807, 2.05) is 25.1 Å². The molecule has 0 bridgehead atoms. The van der Waals surface area contributed by atoms with Gasteiger partial charge < -0.3 is 4.42 Å². The Hall–Kier alpha value is -1.62. The van der Waals surface area contributed by atoms with Gasteiger partial charge in [-0.25, -0.2) is 8.42 Å². The lowest BCUT2D eigenvalue weighted by Gasteiger charge is -2.28. The molecule has 0 spiro atoms. The van der Waals surface area contributed by atoms with Crippen LogP contribution >= 0.6 is 0 Å². The van der Waals surface area contributed by atoms with Crippen LogP contribution in [-0.4, -0.2) is 25.2 Å². The lowest BCUT2D eigenvalue weighted by Crippen LogP contribution is -2.29. The van der Waals surface area contributed by atoms with Crippen molar-refractivity contribution >= 4 is 26.6 Å². The predicted molar refractivity (Wildman–Crippen MR) is 113 cm³/mol. The van der Waals surface area contributed by atoms with Gasteiger partial charge in [-0.1, -0.05) is 25.1 Å². The van der Waals surface area contributed by atoms with E-state index in [0.717, 1.165) is 49.5 Å². The van der Waals surface area contributed by atoms with Gasteiger partial charge in [0.25, 0.3) is 0 Å². The summed E-state index contributed by atoms with van der Waals surface area (Å²) in [5.41, 5.74) is 2.07. The van der Waals surface area contributed by atoms with Crippen LogP contribution in [0.25, 0.3) is 11.0 Å². The lowest BCUT2D eigenvalue weighted by molar-refractivity contribution is -0.124. The minimum absolute atomic E-state index is 0.114. The van der Waals surface area contributed by atoms with Gasteiger partial charge in [-0.3, -0.25) is 4.79 Å². The average Bonchev–Trinajstić information content (AvgIpc) is 3.10. The number of rotatable bonds is 9. The van der Waals surface area contributed by atoms with E-state index in [2.05, 4.69) is 6.07 Å². The minimum atomic E-state index is -3.00. The molecule has 0 radical (unpaired) electrons. The fraction of sp³-hybridized carbons (Fsp3) is 0.609. The van der Waals surface area contributed by atoms with Gasteiger partial charge in [-0.15, -0.1) is 0 Å². The third-order valence-electron chi connectivity index (χ3n) is 6.39. The summed E-state index contributed by atoms with van der Waals surface area (Å²) in [5.74, 6) is 0.969. The summed E-state index contributed by atoms with van der Waals surface area (Å²) in [4.78, 5) is 12.6. The number of aryl methyl sites for hydroxylation is 1. The Morgan fingerprint density at radius 1 is 1.18 bits per heavy atom. The van der Waals surface area contributed by atoms with Crippen molar-refractivity contribution in [3.05, 3.63) is 36.1 Å². The highest BCUT2D eigenvalue weighted by Crippen LogP contribution is 2.32. The third kappa shape index (κ3) is 5.05. The normalized spacial score (nSPS) is 21.6. The highest BCUT2D eigenvalue weighted by molar-refractivity contribution is 7.92. The van der Waals surface area contributed by atoms with Crippen molar-refractivity contribution < 1.29 is 17.6 Å². The van der Waals surface area contributed by atoms with Crippen molar-refractivity contribution in [2.24, 2.45) is 11.8 Å². The largest absolute Gasteiger partial charge is 0.464 e. The molecule has 28 heavy (non-hydrogen) atoms. The van der Waals surface area contributed by atoms with E-state index in [-0.39, 0.29) is 22.8 Å². The highest BCUT2D eigenvalue weighted by atomic mass is 32.2. The number of ketones is 1. The maximum absolute atomic E-state index is 12.6. The zero-order valence-electron chi connectivity index (χ0n) is 17.0. The molecule has 2 aromatic rings. The zero-order chi connectivity index (χ0) is 20.1. The van der Waals surface area contributed by atoms with E-state index in [9.17, 15) is 13.2 Å². The first-order valence-electron chi connectivity index (χ1n) is 10.6. The predicted octanol–water partition coefficient (Wildman–Crippen LogP) is 5.34. The quantitative estimate of drug-likeness (QED) is 0.565. The van der Waals surface area contributed by atoms with Crippen molar-refractivity contribution in [1.29, 1.82) is 0 Å². The van der Waals surface area contributed by atoms with E-state index in [0.29, 0.717) is 18.6 Å². The SMILES string of the molecule is CCC(C)S(=O)(=O)CC1CCC(C(=O)CCCc2coc3ccccc23)CC1. The minimum Gasteiger partial charge on any atom is -0.464 e. The van der Waals surface area contributed by atoms with Crippen LogP contribution in [0.4, 0.5) is 0 Å². The molecule has 1 saturated carbocycles. The van der Waals surface area contributed by atoms with E-state index in [4.69, 9.17) is 4.42 Å². The molecule has 0 amide bonds. The molecule has 0 saturated heterocycles. The van der Waals surface area contributed by atoms with Crippen LogP contribution in [0.2, 0.25) is 0 Å². The molecule has 1 fully saturated rings. The molecule has 1 aliphatic carbocycles. The van der Waals surface area contributed by atoms with Crippen LogP contribution in [0.5, 0.6) is 0 Å². The van der Waals surface area contributed by atoms with Gasteiger partial charge in [0.05, 0.1) is 17.3 Å². The van der Waals surface area contributed by atoms with Crippen molar-refractivity contribution in [3.8, 4) is 0 Å². The van der Waals surface area contributed by atoms with E-state index in [1.165, 1.54) is 5.56 Å². The van der Waals surface area contributed by atoms with Gasteiger partial charge in [0, 0.05) is 17.7 Å². The number of carbonyl (C=O) groups is 1. The van der Waals surface area contributed by atoms with Crippen LogP contribution in [0, 0.1) is 11.8 Å². The molecule has 5 heteroatoms. The van der Waals surface area contributed by atoms with Crippen molar-refractivity contribution in [2.45, 2.75) is 70.5 Å². The number of hydrogen-bond acceptors (Lipinski definition) is 4. The van der Waals surface area contributed by atoms with E-state index < -0.39 is 9.84 Å². The van der Waals surface area contributed by atoms with Crippen LogP contribution in [0.3, 0.4) is 0 Å². The summed E-state index contributed by atoms with van der Waals surface area (Å²) in [7, 11) is -3.00. The van der Waals surface area contributed by atoms with Gasteiger partial charge in [-0.2, -0.15) is 0 Å². The third-order valence-corrected chi connectivity index (χ3v) is 8.88. The van der Waals surface area contributed by atoms with Crippen molar-refractivity contribution in [2.75, 3.05) is 5.75 Å². The topological polar surface area (TPSA) is 64.3 Å². The smallest absolute Gasteiger partial charge is 0.153 e. The Balaban J connectivity index is 1.43. The number of Topliss-reactive ketones (excluding diaryl/α,β-unsaturated/α-hetero) is 1. The second kappa shape index (κ2) is 9.25. The summed E-state index contributed by atoms with van der Waals surface area (Å²) in [6.45, 7) is 3.72. The number of carbonyl (C=O) groups excluding carboxylic acids is 1. The first-order valence-corrected chi connectivity index (χ1v) is 12.3. The van der Waals surface area contributed by atoms with Gasteiger partial charge in [0.2, 0.25) is 0 Å². The summed E-state index contributed by atoms with van der Waals surface area (Å²) in [6, 6.07) is 7.99. The van der Waals surface area contributed by atoms with Gasteiger partial charge in [-0.05, 0) is 69.4 Å². The molecule has 154 valence electrons. The summed E-state index contributed by atoms with van der Waals surface area (Å²) in [5, 5.41) is 0.879. The number of sulfone groups is 1. The second-order valence-corrected chi connectivity index (χ2v) is 10.8. The summed E-state index contributed by atoms with van der Waals surface area (Å²) >= 11 is 0. The van der Waals surface area contributed by atoms with Crippen LogP contribution < -0.4 is 0 Å². The molecule has 1 unspecified atom stereocenters. The Morgan fingerprint density at radius 2 is 1.89 bits per heavy atom. The average molecular weight is 405 g/mol. The molecule has 4 nitrogen and oxygen atoms in total. The van der Waals surface area contributed by atoms with Crippen molar-refractivity contribution in [3.63, 3.8) is 0 Å². The molecule has 0 N–H and O–H groups in total. The molecule has 1 aromatic carbocycles. The van der Waals surface area contributed by atoms with Gasteiger partial charge in [0.1, 0.15) is 11.4 Å². The number of hydrogen-bond donors (Lipinski definition) is 0. The maximum atomic E-state index is 12.6. The van der Waals surface area contributed by atoms with Crippen LogP contribution in [0.1, 0.15) is 64.4 Å². The Kier molecular flexibility index (Phi) is 6.97. The number of furan rings is 1. The molecule has 3 rings (SSSR count). The Morgan fingerprint density at radius 3 is 2.61 bits per heavy atom. The maximum Gasteiger partial charge on any atom is 0.153 e. The first-order chi connectivity index (χ1) is 13.4. The number of para-hydroxylation sites is 1. The van der Waals surface area contributed by atoms with Gasteiger partial charge in [0.15, 0.2) is 9.84 Å². The Labute approximate surface area is 168 Å². The summed E-state index contributed by atoms with van der Waals surface area (Å²) in [6.07, 6.45) is 8.16. The fourth-order valence-electron chi connectivity index (χ4n) is 4.28. The number of benzene rings is 1. The molecule has 0 aliphatic heterocycles. The number of fused-ring (bicyclic) bond motifs is 1. The van der Waals surface area contributed by atoms with Crippen molar-refractivity contribution in [1.82, 2.24) is 0 Å². The second-order valence-electron chi connectivity index (χ2n) is 8.34. The molecular weight excluding hydrogens is 372 g/mol. The lowest BCUT2D eigenvalue weighted by atomic mass is 9.80. The van der Waals surface area contributed by atoms with Crippen LogP contribution in [0.15, 0.2) is 34.9 Å². The summed E-state index contributed by atoms with van der Waals surface area (Å²) < 4.78 is 30.2. The molecule has 1 heterocycles.